The lowest BCUT2D eigenvalue weighted by molar-refractivity contribution is -0.109. The topological polar surface area (TPSA) is 20.3 Å². The van der Waals surface area contributed by atoms with Gasteiger partial charge in [0.2, 0.25) is 0 Å². The third-order valence-electron chi connectivity index (χ3n) is 3.23. The Morgan fingerprint density at radius 3 is 3.07 bits per heavy atom. The quantitative estimate of drug-likeness (QED) is 0.702. The molecule has 1 aliphatic carbocycles. The molecule has 0 N–H and O–H groups in total. The SMILES string of the molecule is CN(CC=O)C1CCCc2ccccc21. The fourth-order valence-electron chi connectivity index (χ4n) is 2.43. The standard InChI is InChI=1S/C13H17NO/c1-14(9-10-15)13-8-4-6-11-5-2-3-7-12(11)13/h2-3,5,7,10,13H,4,6,8-9H2,1H3. The summed E-state index contributed by atoms with van der Waals surface area (Å²) in [6.07, 6.45) is 4.56. The number of benzene rings is 1. The van der Waals surface area contributed by atoms with Crippen molar-refractivity contribution in [3.05, 3.63) is 35.4 Å². The van der Waals surface area contributed by atoms with Gasteiger partial charge in [-0.2, -0.15) is 0 Å². The maximum absolute atomic E-state index is 10.5. The fourth-order valence-corrected chi connectivity index (χ4v) is 2.43. The molecule has 1 atom stereocenters. The fraction of sp³-hybridized carbons (Fsp3) is 0.462. The molecule has 0 saturated heterocycles. The minimum atomic E-state index is 0.431. The van der Waals surface area contributed by atoms with Crippen molar-refractivity contribution < 1.29 is 4.79 Å². The third-order valence-corrected chi connectivity index (χ3v) is 3.23. The first-order valence-corrected chi connectivity index (χ1v) is 5.54. The number of rotatable bonds is 3. The molecule has 0 bridgehead atoms. The van der Waals surface area contributed by atoms with Gasteiger partial charge in [-0.15, -0.1) is 0 Å². The lowest BCUT2D eigenvalue weighted by atomic mass is 9.87. The van der Waals surface area contributed by atoms with Gasteiger partial charge in [0, 0.05) is 6.04 Å². The van der Waals surface area contributed by atoms with Crippen LogP contribution in [0.1, 0.15) is 30.0 Å². The summed E-state index contributed by atoms with van der Waals surface area (Å²) in [6, 6.07) is 9.02. The Balaban J connectivity index is 2.25. The van der Waals surface area contributed by atoms with Crippen LogP contribution in [0, 0.1) is 0 Å². The summed E-state index contributed by atoms with van der Waals surface area (Å²) in [7, 11) is 2.03. The Hall–Kier alpha value is -1.15. The zero-order valence-corrected chi connectivity index (χ0v) is 9.15. The molecule has 1 unspecified atom stereocenters. The molecule has 80 valence electrons. The Kier molecular flexibility index (Phi) is 3.17. The van der Waals surface area contributed by atoms with E-state index in [9.17, 15) is 4.79 Å². The second-order valence-electron chi connectivity index (χ2n) is 4.21. The predicted molar refractivity (Wildman–Crippen MR) is 60.8 cm³/mol. The van der Waals surface area contributed by atoms with Gasteiger partial charge in [0.05, 0.1) is 6.54 Å². The Morgan fingerprint density at radius 2 is 2.27 bits per heavy atom. The van der Waals surface area contributed by atoms with E-state index >= 15 is 0 Å². The van der Waals surface area contributed by atoms with Gasteiger partial charge in [0.25, 0.3) is 0 Å². The van der Waals surface area contributed by atoms with Crippen LogP contribution in [0.3, 0.4) is 0 Å². The van der Waals surface area contributed by atoms with Crippen LogP contribution in [-0.2, 0) is 11.2 Å². The molecular weight excluding hydrogens is 186 g/mol. The van der Waals surface area contributed by atoms with E-state index in [1.165, 1.54) is 30.4 Å². The third kappa shape index (κ3) is 2.10. The number of fused-ring (bicyclic) bond motifs is 1. The zero-order chi connectivity index (χ0) is 10.7. The first-order chi connectivity index (χ1) is 7.33. The van der Waals surface area contributed by atoms with Gasteiger partial charge in [0.1, 0.15) is 6.29 Å². The number of hydrogen-bond acceptors (Lipinski definition) is 2. The molecule has 0 aliphatic heterocycles. The van der Waals surface area contributed by atoms with Crippen LogP contribution in [0.25, 0.3) is 0 Å². The molecule has 1 aromatic rings. The summed E-state index contributed by atoms with van der Waals surface area (Å²) >= 11 is 0. The highest BCUT2D eigenvalue weighted by atomic mass is 16.1. The summed E-state index contributed by atoms with van der Waals surface area (Å²) in [6.45, 7) is 0.527. The molecule has 2 nitrogen and oxygen atoms in total. The van der Waals surface area contributed by atoms with E-state index in [1.807, 2.05) is 7.05 Å². The highest BCUT2D eigenvalue weighted by Gasteiger charge is 2.22. The van der Waals surface area contributed by atoms with E-state index in [2.05, 4.69) is 29.2 Å². The zero-order valence-electron chi connectivity index (χ0n) is 9.15. The molecular formula is C13H17NO. The number of aryl methyl sites for hydroxylation is 1. The average molecular weight is 203 g/mol. The van der Waals surface area contributed by atoms with Crippen LogP contribution in [0.5, 0.6) is 0 Å². The van der Waals surface area contributed by atoms with Crippen molar-refractivity contribution in [1.29, 1.82) is 0 Å². The second-order valence-corrected chi connectivity index (χ2v) is 4.21. The van der Waals surface area contributed by atoms with Crippen molar-refractivity contribution >= 4 is 6.29 Å². The Morgan fingerprint density at radius 1 is 1.47 bits per heavy atom. The lowest BCUT2D eigenvalue weighted by Crippen LogP contribution is -2.29. The maximum Gasteiger partial charge on any atom is 0.133 e. The van der Waals surface area contributed by atoms with Gasteiger partial charge >= 0.3 is 0 Å². The minimum Gasteiger partial charge on any atom is -0.302 e. The molecule has 2 heteroatoms. The molecule has 0 amide bonds. The molecule has 0 aromatic heterocycles. The van der Waals surface area contributed by atoms with Crippen LogP contribution >= 0.6 is 0 Å². The van der Waals surface area contributed by atoms with Crippen molar-refractivity contribution in [2.24, 2.45) is 0 Å². The van der Waals surface area contributed by atoms with E-state index in [0.717, 1.165) is 6.29 Å². The number of carbonyl (C=O) groups is 1. The second kappa shape index (κ2) is 4.58. The van der Waals surface area contributed by atoms with Gasteiger partial charge in [-0.25, -0.2) is 0 Å². The highest BCUT2D eigenvalue weighted by molar-refractivity contribution is 5.52. The minimum absolute atomic E-state index is 0.431. The van der Waals surface area contributed by atoms with E-state index < -0.39 is 0 Å². The number of aldehydes is 1. The van der Waals surface area contributed by atoms with Crippen LogP contribution in [0.15, 0.2) is 24.3 Å². The van der Waals surface area contributed by atoms with E-state index in [0.29, 0.717) is 12.6 Å². The molecule has 0 radical (unpaired) electrons. The van der Waals surface area contributed by atoms with Crippen molar-refractivity contribution in [2.45, 2.75) is 25.3 Å². The smallest absolute Gasteiger partial charge is 0.133 e. The normalized spacial score (nSPS) is 20.0. The summed E-state index contributed by atoms with van der Waals surface area (Å²) in [4.78, 5) is 12.7. The number of likely N-dealkylation sites (N-methyl/N-ethyl adjacent to an activating group) is 1. The molecule has 0 heterocycles. The Labute approximate surface area is 90.9 Å². The van der Waals surface area contributed by atoms with Crippen LogP contribution in [0.4, 0.5) is 0 Å². The highest BCUT2D eigenvalue weighted by Crippen LogP contribution is 2.32. The van der Waals surface area contributed by atoms with Gasteiger partial charge in [0.15, 0.2) is 0 Å². The number of carbonyl (C=O) groups excluding carboxylic acids is 1. The van der Waals surface area contributed by atoms with Crippen molar-refractivity contribution in [2.75, 3.05) is 13.6 Å². The molecule has 1 aliphatic rings. The van der Waals surface area contributed by atoms with Crippen LogP contribution < -0.4 is 0 Å². The van der Waals surface area contributed by atoms with Gasteiger partial charge in [-0.05, 0) is 37.4 Å². The monoisotopic (exact) mass is 203 g/mol. The maximum atomic E-state index is 10.5. The summed E-state index contributed by atoms with van der Waals surface area (Å²) in [5.41, 5.74) is 2.86. The molecule has 0 spiro atoms. The van der Waals surface area contributed by atoms with Gasteiger partial charge in [-0.3, -0.25) is 4.90 Å². The van der Waals surface area contributed by atoms with Crippen molar-refractivity contribution in [1.82, 2.24) is 4.90 Å². The largest absolute Gasteiger partial charge is 0.302 e. The van der Waals surface area contributed by atoms with Crippen LogP contribution in [0.2, 0.25) is 0 Å². The number of hydrogen-bond donors (Lipinski definition) is 0. The number of nitrogens with zero attached hydrogens (tertiary/aromatic N) is 1. The van der Waals surface area contributed by atoms with Crippen LogP contribution in [-0.4, -0.2) is 24.8 Å². The molecule has 0 fully saturated rings. The Bertz CT molecular complexity index is 348. The summed E-state index contributed by atoms with van der Waals surface area (Å²) in [5, 5.41) is 0. The summed E-state index contributed by atoms with van der Waals surface area (Å²) in [5.74, 6) is 0. The first-order valence-electron chi connectivity index (χ1n) is 5.54. The first kappa shape index (κ1) is 10.4. The van der Waals surface area contributed by atoms with Crippen molar-refractivity contribution in [3.8, 4) is 0 Å². The van der Waals surface area contributed by atoms with Gasteiger partial charge < -0.3 is 4.79 Å². The van der Waals surface area contributed by atoms with E-state index in [4.69, 9.17) is 0 Å². The van der Waals surface area contributed by atoms with E-state index in [-0.39, 0.29) is 0 Å². The summed E-state index contributed by atoms with van der Waals surface area (Å²) < 4.78 is 0. The predicted octanol–water partition coefficient (Wildman–Crippen LogP) is 2.19. The molecule has 0 saturated carbocycles. The van der Waals surface area contributed by atoms with E-state index in [1.54, 1.807) is 0 Å². The average Bonchev–Trinajstić information content (AvgIpc) is 2.28. The lowest BCUT2D eigenvalue weighted by Gasteiger charge is -2.32. The van der Waals surface area contributed by atoms with Gasteiger partial charge in [-0.1, -0.05) is 24.3 Å². The van der Waals surface area contributed by atoms with Crippen molar-refractivity contribution in [3.63, 3.8) is 0 Å². The molecule has 1 aromatic carbocycles. The molecule has 2 rings (SSSR count). The molecule has 15 heavy (non-hydrogen) atoms.